The Morgan fingerprint density at radius 1 is 0.467 bits per heavy atom. The summed E-state index contributed by atoms with van der Waals surface area (Å²) in [6.07, 6.45) is 86.4. The van der Waals surface area contributed by atoms with Gasteiger partial charge in [0, 0.05) is 6.42 Å². The summed E-state index contributed by atoms with van der Waals surface area (Å²) in [6.45, 7) is 4.64. The molecule has 0 aliphatic carbocycles. The van der Waals surface area contributed by atoms with E-state index in [1.807, 2.05) is 27.2 Å². The van der Waals surface area contributed by atoms with Gasteiger partial charge in [0.05, 0.1) is 39.9 Å². The molecule has 0 aromatic rings. The number of hydrogen-bond acceptors (Lipinski definition) is 5. The molecule has 0 aliphatic rings. The summed E-state index contributed by atoms with van der Waals surface area (Å²) >= 11 is 0. The van der Waals surface area contributed by atoms with Crippen LogP contribution < -0.4 is 5.32 Å². The second kappa shape index (κ2) is 54.9. The van der Waals surface area contributed by atoms with Gasteiger partial charge in [0.2, 0.25) is 5.91 Å². The van der Waals surface area contributed by atoms with E-state index >= 15 is 0 Å². The molecular formula is C66H110N2O6P+. The van der Waals surface area contributed by atoms with E-state index in [1.165, 1.54) is 64.2 Å². The fourth-order valence-electron chi connectivity index (χ4n) is 7.43. The van der Waals surface area contributed by atoms with Crippen LogP contribution >= 0.6 is 7.82 Å². The first kappa shape index (κ1) is 71.1. The first-order valence-corrected chi connectivity index (χ1v) is 30.9. The second-order valence-corrected chi connectivity index (χ2v) is 21.7. The Morgan fingerprint density at radius 3 is 1.17 bits per heavy atom. The molecule has 75 heavy (non-hydrogen) atoms. The number of carbonyl (C=O) groups is 1. The molecule has 0 spiro atoms. The zero-order valence-electron chi connectivity index (χ0n) is 48.2. The maximum Gasteiger partial charge on any atom is 0.472 e. The van der Waals surface area contributed by atoms with E-state index in [4.69, 9.17) is 9.05 Å². The molecule has 0 aromatic heterocycles. The monoisotopic (exact) mass is 1060 g/mol. The fourth-order valence-corrected chi connectivity index (χ4v) is 8.17. The number of hydrogen-bond donors (Lipinski definition) is 3. The van der Waals surface area contributed by atoms with Crippen molar-refractivity contribution < 1.29 is 32.9 Å². The molecule has 0 saturated heterocycles. The van der Waals surface area contributed by atoms with Crippen molar-refractivity contribution in [2.45, 2.75) is 212 Å². The minimum atomic E-state index is -4.37. The standard InChI is InChI=1S/C66H109N2O6P/c1-6-8-10-12-14-16-18-20-22-23-24-25-26-27-28-29-30-31-32-33-34-35-36-37-38-39-40-41-42-43-44-45-46-48-50-52-54-56-58-60-66(70)67-64(63-74-75(71,72)73-62-61-68(3,4)5)65(69)59-57-55-53-51-49-47-21-19-17-15-13-11-9-7-2/h8,10,14,16,20,22,24-25,27-28,30-31,33-34,36-37,39-40,42-43,45-46,50,52,57,59,64-65,69H,6-7,9,11-13,15,17-19,21,23,26,29,32,35,38,41,44,47-49,51,53-56,58,60-63H2,1-5H3,(H-,67,70,71,72)/p+1/b10-8-,16-14-,22-20-,25-24-,28-27-,31-30-,34-33-,37-36-,40-39-,43-42-,46-45-,52-50-,59-57+. The van der Waals surface area contributed by atoms with Gasteiger partial charge < -0.3 is 19.8 Å². The number of aliphatic hydroxyl groups excluding tert-OH is 1. The Bertz CT molecular complexity index is 1770. The van der Waals surface area contributed by atoms with Crippen molar-refractivity contribution in [3.8, 4) is 0 Å². The molecule has 0 bridgehead atoms. The summed E-state index contributed by atoms with van der Waals surface area (Å²) in [5.74, 6) is -0.227. The van der Waals surface area contributed by atoms with Crippen molar-refractivity contribution in [1.29, 1.82) is 0 Å². The lowest BCUT2D eigenvalue weighted by molar-refractivity contribution is -0.870. The molecule has 0 aromatic carbocycles. The molecule has 8 nitrogen and oxygen atoms in total. The van der Waals surface area contributed by atoms with Gasteiger partial charge in [-0.3, -0.25) is 13.8 Å². The Morgan fingerprint density at radius 2 is 0.800 bits per heavy atom. The van der Waals surface area contributed by atoms with Crippen molar-refractivity contribution >= 4 is 13.7 Å². The number of unbranched alkanes of at least 4 members (excludes halogenated alkanes) is 14. The van der Waals surface area contributed by atoms with Crippen LogP contribution in [0.4, 0.5) is 0 Å². The number of phosphoric ester groups is 1. The largest absolute Gasteiger partial charge is 0.472 e. The molecule has 9 heteroatoms. The summed E-state index contributed by atoms with van der Waals surface area (Å²) in [5.41, 5.74) is 0. The number of amides is 1. The van der Waals surface area contributed by atoms with Crippen molar-refractivity contribution in [2.24, 2.45) is 0 Å². The average molecular weight is 1060 g/mol. The lowest BCUT2D eigenvalue weighted by Crippen LogP contribution is -2.45. The molecule has 1 amide bonds. The third-order valence-corrected chi connectivity index (χ3v) is 13.0. The minimum absolute atomic E-state index is 0.0443. The molecule has 0 saturated carbocycles. The first-order chi connectivity index (χ1) is 36.5. The number of allylic oxidation sites excluding steroid dienone is 25. The lowest BCUT2D eigenvalue weighted by atomic mass is 10.0. The quantitative estimate of drug-likeness (QED) is 0.0243. The van der Waals surface area contributed by atoms with Crippen molar-refractivity contribution in [2.75, 3.05) is 40.9 Å². The number of nitrogens with one attached hydrogen (secondary N) is 1. The third kappa shape index (κ3) is 57.7. The zero-order chi connectivity index (χ0) is 54.9. The van der Waals surface area contributed by atoms with Crippen LogP contribution in [0.3, 0.4) is 0 Å². The van der Waals surface area contributed by atoms with Crippen LogP contribution in [0.1, 0.15) is 200 Å². The SMILES string of the molecule is CC/C=C\C/C=C\C/C=C\C/C=C\C/C=C\C/C=C\C/C=C\C/C=C\C/C=C\C/C=C\C/C=C\C/C=C\CCCCC(=O)NC(COP(=O)(O)OCC[N+](C)(C)C)C(O)/C=C/CCCCCCCCCCCCCC. The summed E-state index contributed by atoms with van der Waals surface area (Å²) in [7, 11) is 1.52. The molecule has 0 fully saturated rings. The highest BCUT2D eigenvalue weighted by molar-refractivity contribution is 7.47. The lowest BCUT2D eigenvalue weighted by Gasteiger charge is -2.25. The highest BCUT2D eigenvalue weighted by atomic mass is 31.2. The molecule has 3 N–H and O–H groups in total. The normalized spacial score (nSPS) is 15.0. The second-order valence-electron chi connectivity index (χ2n) is 20.3. The van der Waals surface area contributed by atoms with Crippen molar-refractivity contribution in [3.63, 3.8) is 0 Å². The van der Waals surface area contributed by atoms with Crippen LogP contribution in [0.2, 0.25) is 0 Å². The number of aliphatic hydroxyl groups is 1. The van der Waals surface area contributed by atoms with E-state index in [2.05, 4.69) is 165 Å². The van der Waals surface area contributed by atoms with E-state index in [0.717, 1.165) is 109 Å². The molecular weight excluding hydrogens is 948 g/mol. The van der Waals surface area contributed by atoms with Crippen LogP contribution in [0.25, 0.3) is 0 Å². The van der Waals surface area contributed by atoms with E-state index in [9.17, 15) is 19.4 Å². The van der Waals surface area contributed by atoms with Gasteiger partial charge in [-0.1, -0.05) is 242 Å². The Labute approximate surface area is 461 Å². The zero-order valence-corrected chi connectivity index (χ0v) is 49.1. The minimum Gasteiger partial charge on any atom is -0.387 e. The fraction of sp³-hybridized carbons (Fsp3) is 0.591. The number of carbonyl (C=O) groups excluding carboxylic acids is 1. The Kier molecular flexibility index (Phi) is 52.1. The number of quaternary nitrogens is 1. The maximum absolute atomic E-state index is 12.9. The molecule has 3 atom stereocenters. The van der Waals surface area contributed by atoms with Gasteiger partial charge in [0.15, 0.2) is 0 Å². The predicted octanol–water partition coefficient (Wildman–Crippen LogP) is 18.3. The number of phosphoric acid groups is 1. The van der Waals surface area contributed by atoms with Crippen molar-refractivity contribution in [3.05, 3.63) is 158 Å². The van der Waals surface area contributed by atoms with Gasteiger partial charge in [-0.2, -0.15) is 0 Å². The van der Waals surface area contributed by atoms with Gasteiger partial charge in [-0.15, -0.1) is 0 Å². The topological polar surface area (TPSA) is 105 Å². The molecule has 3 unspecified atom stereocenters. The summed E-state index contributed by atoms with van der Waals surface area (Å²) in [5, 5.41) is 13.9. The van der Waals surface area contributed by atoms with Crippen LogP contribution in [-0.2, 0) is 18.4 Å². The van der Waals surface area contributed by atoms with E-state index in [1.54, 1.807) is 6.08 Å². The maximum atomic E-state index is 12.9. The summed E-state index contributed by atoms with van der Waals surface area (Å²) in [4.78, 5) is 23.2. The van der Waals surface area contributed by atoms with Crippen LogP contribution in [0, 0.1) is 0 Å². The van der Waals surface area contributed by atoms with Gasteiger partial charge >= 0.3 is 7.82 Å². The third-order valence-electron chi connectivity index (χ3n) is 12.0. The molecule has 0 radical (unpaired) electrons. The molecule has 424 valence electrons. The number of nitrogens with zero attached hydrogens (tertiary/aromatic N) is 1. The van der Waals surface area contributed by atoms with Gasteiger partial charge in [0.25, 0.3) is 0 Å². The Balaban J connectivity index is 4.27. The highest BCUT2D eigenvalue weighted by Gasteiger charge is 2.27. The van der Waals surface area contributed by atoms with Crippen molar-refractivity contribution in [1.82, 2.24) is 5.32 Å². The summed E-state index contributed by atoms with van der Waals surface area (Å²) in [6, 6.07) is -0.881. The van der Waals surface area contributed by atoms with Gasteiger partial charge in [-0.25, -0.2) is 4.57 Å². The van der Waals surface area contributed by atoms with Gasteiger partial charge in [0.1, 0.15) is 13.2 Å². The van der Waals surface area contributed by atoms with Gasteiger partial charge in [-0.05, 0) is 109 Å². The Hall–Kier alpha value is -3.88. The molecule has 0 aliphatic heterocycles. The predicted molar refractivity (Wildman–Crippen MR) is 327 cm³/mol. The van der Waals surface area contributed by atoms with E-state index in [-0.39, 0.29) is 19.1 Å². The van der Waals surface area contributed by atoms with E-state index in [0.29, 0.717) is 23.9 Å². The van der Waals surface area contributed by atoms with E-state index < -0.39 is 20.0 Å². The molecule has 0 rings (SSSR count). The van der Waals surface area contributed by atoms with Crippen LogP contribution in [0.15, 0.2) is 158 Å². The summed E-state index contributed by atoms with van der Waals surface area (Å²) < 4.78 is 23.6. The number of rotatable bonds is 51. The number of likely N-dealkylation sites (N-methyl/N-ethyl adjacent to an activating group) is 1. The van der Waals surface area contributed by atoms with Crippen LogP contribution in [-0.4, -0.2) is 73.4 Å². The molecule has 0 heterocycles. The smallest absolute Gasteiger partial charge is 0.387 e. The average Bonchev–Trinajstić information content (AvgIpc) is 3.37. The first-order valence-electron chi connectivity index (χ1n) is 29.4. The highest BCUT2D eigenvalue weighted by Crippen LogP contribution is 2.43. The van der Waals surface area contributed by atoms with Crippen LogP contribution in [0.5, 0.6) is 0 Å².